The average Bonchev–Trinajstić information content (AvgIpc) is 4.03. The molecule has 0 unspecified atom stereocenters. The fourth-order valence-corrected chi connectivity index (χ4v) is 15.4. The maximum Gasteiger partial charge on any atom is 0.179 e. The molecule has 0 aliphatic heterocycles. The largest absolute Gasteiger partial charge is 0.456 e. The van der Waals surface area contributed by atoms with Gasteiger partial charge in [-0.15, -0.1) is 0 Å². The van der Waals surface area contributed by atoms with Gasteiger partial charge in [0.1, 0.15) is 11.2 Å². The lowest BCUT2D eigenvalue weighted by Gasteiger charge is -2.35. The van der Waals surface area contributed by atoms with Crippen LogP contribution < -0.4 is 25.6 Å². The van der Waals surface area contributed by atoms with Crippen molar-refractivity contribution < 1.29 is 4.42 Å². The SMILES string of the molecule is c1ccc([Si](c2ccccc2)(c2ccccc2)c2ccc(N(c3ccc(-c4ccc5c(c4)c4cccc6c7ccccc7n5c64)cc3)c3ccc4c(c3)oc3ccccc34)cc2)cc1. The van der Waals surface area contributed by atoms with Gasteiger partial charge in [0.25, 0.3) is 0 Å². The summed E-state index contributed by atoms with van der Waals surface area (Å²) in [6.07, 6.45) is 0. The molecule has 10 aromatic carbocycles. The van der Waals surface area contributed by atoms with Crippen LogP contribution >= 0.6 is 0 Å². The standard InChI is InChI=1S/C60H40N2OSi/c1-4-15-46(16-5-1)64(47-17-6-2-7-18-47,48-19-8-3-9-20-48)49-35-32-44(33-36-49)61(45-34-37-52-51-22-11-13-26-58(51)63-59(52)40-45)43-30-27-41(28-31-43)42-29-38-57-55(39-42)54-24-14-23-53-50-21-10-12-25-56(50)62(57)60(53)54/h1-40H. The van der Waals surface area contributed by atoms with Crippen molar-refractivity contribution in [1.82, 2.24) is 4.40 Å². The molecule has 0 saturated heterocycles. The molecule has 4 heteroatoms. The van der Waals surface area contributed by atoms with Crippen LogP contribution in [-0.4, -0.2) is 12.5 Å². The van der Waals surface area contributed by atoms with Crippen molar-refractivity contribution >= 4 is 106 Å². The van der Waals surface area contributed by atoms with Crippen molar-refractivity contribution in [2.24, 2.45) is 0 Å². The number of anilines is 3. The average molecular weight is 833 g/mol. The van der Waals surface area contributed by atoms with Gasteiger partial charge >= 0.3 is 0 Å². The normalized spacial score (nSPS) is 12.1. The lowest BCUT2D eigenvalue weighted by atomic mass is 10.0. The first kappa shape index (κ1) is 36.5. The molecule has 0 spiro atoms. The predicted octanol–water partition coefficient (Wildman–Crippen LogP) is 13.3. The zero-order valence-corrected chi connectivity index (χ0v) is 35.9. The second-order valence-electron chi connectivity index (χ2n) is 16.8. The molecule has 3 aromatic heterocycles. The lowest BCUT2D eigenvalue weighted by molar-refractivity contribution is 0.669. The first-order valence-corrected chi connectivity index (χ1v) is 24.0. The van der Waals surface area contributed by atoms with Crippen LogP contribution in [0.15, 0.2) is 247 Å². The topological polar surface area (TPSA) is 20.8 Å². The van der Waals surface area contributed by atoms with Crippen LogP contribution in [0.25, 0.3) is 71.2 Å². The number of rotatable bonds is 8. The van der Waals surface area contributed by atoms with Gasteiger partial charge in [-0.05, 0) is 92.5 Å². The minimum atomic E-state index is -2.70. The number of hydrogen-bond donors (Lipinski definition) is 0. The van der Waals surface area contributed by atoms with Gasteiger partial charge in [0.2, 0.25) is 0 Å². The Morgan fingerprint density at radius 1 is 0.312 bits per heavy atom. The van der Waals surface area contributed by atoms with Crippen LogP contribution in [0, 0.1) is 0 Å². The minimum absolute atomic E-state index is 0.868. The number of aromatic nitrogens is 1. The van der Waals surface area contributed by atoms with Crippen molar-refractivity contribution in [2.75, 3.05) is 4.90 Å². The Labute approximate surface area is 371 Å². The van der Waals surface area contributed by atoms with Crippen LogP contribution in [0.2, 0.25) is 0 Å². The molecule has 0 bridgehead atoms. The van der Waals surface area contributed by atoms with E-state index in [1.165, 1.54) is 70.0 Å². The number of hydrogen-bond acceptors (Lipinski definition) is 2. The van der Waals surface area contributed by atoms with E-state index in [0.717, 1.165) is 39.0 Å². The number of benzene rings is 10. The predicted molar refractivity (Wildman–Crippen MR) is 272 cm³/mol. The highest BCUT2D eigenvalue weighted by Gasteiger charge is 2.41. The molecule has 0 saturated carbocycles. The second kappa shape index (κ2) is 14.5. The van der Waals surface area contributed by atoms with Gasteiger partial charge in [0, 0.05) is 55.4 Å². The van der Waals surface area contributed by atoms with E-state index in [1.54, 1.807) is 0 Å². The summed E-state index contributed by atoms with van der Waals surface area (Å²) in [6, 6.07) is 89.1. The molecule has 64 heavy (non-hydrogen) atoms. The summed E-state index contributed by atoms with van der Waals surface area (Å²) in [5, 5.41) is 12.8. The van der Waals surface area contributed by atoms with Crippen molar-refractivity contribution in [3.8, 4) is 11.1 Å². The van der Waals surface area contributed by atoms with E-state index in [0.29, 0.717) is 0 Å². The molecule has 13 rings (SSSR count). The monoisotopic (exact) mass is 832 g/mol. The molecule has 0 N–H and O–H groups in total. The summed E-state index contributed by atoms with van der Waals surface area (Å²) in [6.45, 7) is 0. The Bertz CT molecular complexity index is 3720. The summed E-state index contributed by atoms with van der Waals surface area (Å²) >= 11 is 0. The van der Waals surface area contributed by atoms with E-state index in [1.807, 2.05) is 12.1 Å². The fourth-order valence-electron chi connectivity index (χ4n) is 10.6. The summed E-state index contributed by atoms with van der Waals surface area (Å²) < 4.78 is 8.92. The van der Waals surface area contributed by atoms with Gasteiger partial charge in [-0.1, -0.05) is 176 Å². The molecular formula is C60H40N2OSi. The van der Waals surface area contributed by atoms with Gasteiger partial charge in [-0.2, -0.15) is 0 Å². The highest BCUT2D eigenvalue weighted by atomic mass is 28.3. The molecule has 0 fully saturated rings. The molecule has 3 heterocycles. The van der Waals surface area contributed by atoms with Crippen molar-refractivity contribution in [3.05, 3.63) is 243 Å². The third-order valence-electron chi connectivity index (χ3n) is 13.5. The van der Waals surface area contributed by atoms with Gasteiger partial charge in [-0.25, -0.2) is 0 Å². The van der Waals surface area contributed by atoms with Crippen LogP contribution in [0.4, 0.5) is 17.1 Å². The van der Waals surface area contributed by atoms with Gasteiger partial charge < -0.3 is 13.7 Å². The maximum atomic E-state index is 6.48. The highest BCUT2D eigenvalue weighted by Crippen LogP contribution is 2.42. The molecular weight excluding hydrogens is 793 g/mol. The van der Waals surface area contributed by atoms with Crippen molar-refractivity contribution in [3.63, 3.8) is 0 Å². The van der Waals surface area contributed by atoms with Crippen LogP contribution in [0.5, 0.6) is 0 Å². The molecule has 0 atom stereocenters. The molecule has 3 nitrogen and oxygen atoms in total. The second-order valence-corrected chi connectivity index (χ2v) is 20.7. The zero-order valence-electron chi connectivity index (χ0n) is 34.9. The lowest BCUT2D eigenvalue weighted by Crippen LogP contribution is -2.74. The van der Waals surface area contributed by atoms with Gasteiger partial charge in [-0.3, -0.25) is 0 Å². The molecule has 0 aliphatic rings. The Balaban J connectivity index is 0.951. The van der Waals surface area contributed by atoms with Crippen LogP contribution in [0.1, 0.15) is 0 Å². The summed E-state index contributed by atoms with van der Waals surface area (Å²) in [5.74, 6) is 0. The first-order valence-electron chi connectivity index (χ1n) is 22.0. The van der Waals surface area contributed by atoms with Crippen molar-refractivity contribution in [2.45, 2.75) is 0 Å². The third kappa shape index (κ3) is 5.46. The molecule has 300 valence electrons. The van der Waals surface area contributed by atoms with E-state index in [-0.39, 0.29) is 0 Å². The fraction of sp³-hybridized carbons (Fsp3) is 0. The van der Waals surface area contributed by atoms with E-state index in [9.17, 15) is 0 Å². The first-order chi connectivity index (χ1) is 31.7. The smallest absolute Gasteiger partial charge is 0.179 e. The van der Waals surface area contributed by atoms with E-state index >= 15 is 0 Å². The number of para-hydroxylation sites is 3. The number of furan rings is 1. The molecule has 13 aromatic rings. The Morgan fingerprint density at radius 3 is 1.47 bits per heavy atom. The van der Waals surface area contributed by atoms with Crippen LogP contribution in [-0.2, 0) is 0 Å². The van der Waals surface area contributed by atoms with E-state index in [4.69, 9.17) is 4.42 Å². The Morgan fingerprint density at radius 2 is 0.797 bits per heavy atom. The van der Waals surface area contributed by atoms with Gasteiger partial charge in [0.15, 0.2) is 8.07 Å². The highest BCUT2D eigenvalue weighted by molar-refractivity contribution is 7.19. The van der Waals surface area contributed by atoms with Crippen molar-refractivity contribution in [1.29, 1.82) is 0 Å². The molecule has 0 aliphatic carbocycles. The zero-order chi connectivity index (χ0) is 42.2. The quantitative estimate of drug-likeness (QED) is 0.112. The van der Waals surface area contributed by atoms with E-state index in [2.05, 4.69) is 240 Å². The third-order valence-corrected chi connectivity index (χ3v) is 18.3. The minimum Gasteiger partial charge on any atom is -0.456 e. The summed E-state index contributed by atoms with van der Waals surface area (Å²) in [4.78, 5) is 2.36. The summed E-state index contributed by atoms with van der Waals surface area (Å²) in [7, 11) is -2.70. The number of nitrogens with zero attached hydrogens (tertiary/aromatic N) is 2. The molecule has 0 radical (unpaired) electrons. The van der Waals surface area contributed by atoms with E-state index < -0.39 is 8.07 Å². The molecule has 0 amide bonds. The van der Waals surface area contributed by atoms with Gasteiger partial charge in [0.05, 0.1) is 16.6 Å². The summed E-state index contributed by atoms with van der Waals surface area (Å²) in [5.41, 5.74) is 11.1. The Hall–Kier alpha value is -8.18. The Kier molecular flexibility index (Phi) is 8.23. The maximum absolute atomic E-state index is 6.48. The van der Waals surface area contributed by atoms with Crippen LogP contribution in [0.3, 0.4) is 0 Å². The number of fused-ring (bicyclic) bond motifs is 9.